The number of likely N-dealkylation sites (tertiary alicyclic amines) is 1. The van der Waals surface area contributed by atoms with E-state index >= 15 is 0 Å². The first-order valence-electron chi connectivity index (χ1n) is 9.64. The van der Waals surface area contributed by atoms with Crippen molar-refractivity contribution in [2.45, 2.75) is 25.7 Å². The summed E-state index contributed by atoms with van der Waals surface area (Å²) < 4.78 is 0. The average molecular weight is 355 g/mol. The van der Waals surface area contributed by atoms with E-state index in [1.807, 2.05) is 29.3 Å². The molecule has 2 aromatic carbocycles. The fraction of sp³-hybridized carbons (Fsp3) is 0.261. The summed E-state index contributed by atoms with van der Waals surface area (Å²) in [6.07, 6.45) is 10.6. The summed E-state index contributed by atoms with van der Waals surface area (Å²) in [5, 5.41) is 0. The van der Waals surface area contributed by atoms with Crippen LogP contribution in [0.4, 0.5) is 0 Å². The van der Waals surface area contributed by atoms with Gasteiger partial charge in [0.25, 0.3) is 5.91 Å². The number of carbonyl (C=O) groups is 1. The highest BCUT2D eigenvalue weighted by molar-refractivity contribution is 5.97. The van der Waals surface area contributed by atoms with Crippen LogP contribution in [0.25, 0.3) is 28.4 Å². The Morgan fingerprint density at radius 1 is 0.963 bits per heavy atom. The Morgan fingerprint density at radius 2 is 1.85 bits per heavy atom. The number of hydrogen-bond acceptors (Lipinski definition) is 3. The molecular weight excluding hydrogens is 334 g/mol. The second-order valence-electron chi connectivity index (χ2n) is 7.33. The maximum absolute atomic E-state index is 12.8. The predicted octanol–water partition coefficient (Wildman–Crippen LogP) is 4.49. The molecule has 1 amide bonds. The zero-order chi connectivity index (χ0) is 18.2. The molecule has 0 atom stereocenters. The standard InChI is InChI=1S/C23H21N3O/c27-23(26-11-2-1-3-12-26)19-9-10-20-21(14-19)25-22(15-24-20)18-8-7-16-5-4-6-17(16)13-18/h4,6-10,13-15H,1-3,5,11-12H2. The Labute approximate surface area is 158 Å². The number of carbonyl (C=O) groups excluding carboxylic acids is 1. The summed E-state index contributed by atoms with van der Waals surface area (Å²) in [7, 11) is 0. The highest BCUT2D eigenvalue weighted by Gasteiger charge is 2.18. The third-order valence-corrected chi connectivity index (χ3v) is 5.51. The van der Waals surface area contributed by atoms with Crippen molar-refractivity contribution in [2.75, 3.05) is 13.1 Å². The van der Waals surface area contributed by atoms with E-state index in [4.69, 9.17) is 4.98 Å². The molecule has 1 fully saturated rings. The van der Waals surface area contributed by atoms with Gasteiger partial charge in [0.05, 0.1) is 22.9 Å². The number of hydrogen-bond donors (Lipinski definition) is 0. The van der Waals surface area contributed by atoms with Gasteiger partial charge in [-0.3, -0.25) is 9.78 Å². The van der Waals surface area contributed by atoms with Crippen LogP contribution in [0.1, 0.15) is 40.7 Å². The molecule has 1 aliphatic heterocycles. The number of rotatable bonds is 2. The molecule has 27 heavy (non-hydrogen) atoms. The second kappa shape index (κ2) is 6.62. The number of amides is 1. The average Bonchev–Trinajstić information content (AvgIpc) is 3.21. The van der Waals surface area contributed by atoms with Crippen LogP contribution in [0, 0.1) is 0 Å². The first-order valence-corrected chi connectivity index (χ1v) is 9.64. The van der Waals surface area contributed by atoms with Crippen LogP contribution in [0.2, 0.25) is 0 Å². The van der Waals surface area contributed by atoms with Gasteiger partial charge in [-0.15, -0.1) is 0 Å². The van der Waals surface area contributed by atoms with Gasteiger partial charge < -0.3 is 4.90 Å². The molecular formula is C23H21N3O. The van der Waals surface area contributed by atoms with Gasteiger partial charge in [-0.2, -0.15) is 0 Å². The van der Waals surface area contributed by atoms with Crippen LogP contribution in [-0.4, -0.2) is 33.9 Å². The number of allylic oxidation sites excluding steroid dienone is 1. The monoisotopic (exact) mass is 355 g/mol. The quantitative estimate of drug-likeness (QED) is 0.680. The van der Waals surface area contributed by atoms with Crippen molar-refractivity contribution in [1.29, 1.82) is 0 Å². The highest BCUT2D eigenvalue weighted by atomic mass is 16.2. The van der Waals surface area contributed by atoms with Gasteiger partial charge >= 0.3 is 0 Å². The van der Waals surface area contributed by atoms with Crippen LogP contribution in [-0.2, 0) is 6.42 Å². The first kappa shape index (κ1) is 16.2. The Hall–Kier alpha value is -3.01. The van der Waals surface area contributed by atoms with Crippen LogP contribution in [0.3, 0.4) is 0 Å². The maximum Gasteiger partial charge on any atom is 0.253 e. The summed E-state index contributed by atoms with van der Waals surface area (Å²) in [6, 6.07) is 12.1. The minimum atomic E-state index is 0.103. The van der Waals surface area contributed by atoms with Gasteiger partial charge in [0.2, 0.25) is 0 Å². The summed E-state index contributed by atoms with van der Waals surface area (Å²) in [5.41, 5.74) is 6.79. The van der Waals surface area contributed by atoms with E-state index in [1.165, 1.54) is 17.5 Å². The number of benzene rings is 2. The molecule has 0 spiro atoms. The van der Waals surface area contributed by atoms with Gasteiger partial charge in [0, 0.05) is 24.2 Å². The lowest BCUT2D eigenvalue weighted by Crippen LogP contribution is -2.35. The SMILES string of the molecule is O=C(c1ccc2ncc(-c3ccc4c(c3)C=CC4)nc2c1)N1CCCCC1. The van der Waals surface area contributed by atoms with Crippen molar-refractivity contribution in [1.82, 2.24) is 14.9 Å². The third-order valence-electron chi connectivity index (χ3n) is 5.51. The molecule has 1 saturated heterocycles. The molecule has 1 aromatic heterocycles. The Morgan fingerprint density at radius 3 is 2.74 bits per heavy atom. The highest BCUT2D eigenvalue weighted by Crippen LogP contribution is 2.27. The lowest BCUT2D eigenvalue weighted by molar-refractivity contribution is 0.0724. The molecule has 0 unspecified atom stereocenters. The summed E-state index contributed by atoms with van der Waals surface area (Å²) in [4.78, 5) is 24.1. The number of aromatic nitrogens is 2. The first-order chi connectivity index (χ1) is 13.3. The van der Waals surface area contributed by atoms with E-state index in [9.17, 15) is 4.79 Å². The van der Waals surface area contributed by atoms with Crippen LogP contribution in [0.15, 0.2) is 48.7 Å². The van der Waals surface area contributed by atoms with E-state index in [-0.39, 0.29) is 5.91 Å². The summed E-state index contributed by atoms with van der Waals surface area (Å²) in [6.45, 7) is 1.70. The molecule has 0 radical (unpaired) electrons. The van der Waals surface area contributed by atoms with E-state index in [0.29, 0.717) is 5.56 Å². The smallest absolute Gasteiger partial charge is 0.253 e. The summed E-state index contributed by atoms with van der Waals surface area (Å²) >= 11 is 0. The zero-order valence-corrected chi connectivity index (χ0v) is 15.2. The molecule has 2 aliphatic rings. The van der Waals surface area contributed by atoms with E-state index in [2.05, 4.69) is 35.3 Å². The van der Waals surface area contributed by atoms with Crippen molar-refractivity contribution in [3.8, 4) is 11.3 Å². The Bertz CT molecular complexity index is 1060. The van der Waals surface area contributed by atoms with Gasteiger partial charge in [0.15, 0.2) is 0 Å². The topological polar surface area (TPSA) is 46.1 Å². The Balaban J connectivity index is 1.50. The number of fused-ring (bicyclic) bond motifs is 2. The van der Waals surface area contributed by atoms with Gasteiger partial charge in [0.1, 0.15) is 0 Å². The molecule has 3 aromatic rings. The lowest BCUT2D eigenvalue weighted by Gasteiger charge is -2.26. The fourth-order valence-corrected chi connectivity index (χ4v) is 3.97. The van der Waals surface area contributed by atoms with Crippen LogP contribution < -0.4 is 0 Å². The van der Waals surface area contributed by atoms with Gasteiger partial charge in [-0.25, -0.2) is 4.98 Å². The normalized spacial score (nSPS) is 15.9. The van der Waals surface area contributed by atoms with Gasteiger partial charge in [-0.1, -0.05) is 24.3 Å². The van der Waals surface area contributed by atoms with Crippen LogP contribution >= 0.6 is 0 Å². The molecule has 0 saturated carbocycles. The van der Waals surface area contributed by atoms with Crippen molar-refractivity contribution < 1.29 is 4.79 Å². The van der Waals surface area contributed by atoms with Crippen molar-refractivity contribution >= 4 is 23.0 Å². The maximum atomic E-state index is 12.8. The van der Waals surface area contributed by atoms with E-state index < -0.39 is 0 Å². The van der Waals surface area contributed by atoms with Crippen molar-refractivity contribution in [2.24, 2.45) is 0 Å². The predicted molar refractivity (Wildman–Crippen MR) is 107 cm³/mol. The molecule has 134 valence electrons. The van der Waals surface area contributed by atoms with Gasteiger partial charge in [-0.05, 0) is 61.1 Å². The number of piperidine rings is 1. The molecule has 5 rings (SSSR count). The molecule has 0 bridgehead atoms. The third kappa shape index (κ3) is 3.01. The van der Waals surface area contributed by atoms with Crippen LogP contribution in [0.5, 0.6) is 0 Å². The second-order valence-corrected chi connectivity index (χ2v) is 7.33. The molecule has 2 heterocycles. The van der Waals surface area contributed by atoms with Crippen molar-refractivity contribution in [3.05, 3.63) is 65.4 Å². The lowest BCUT2D eigenvalue weighted by atomic mass is 10.0. The molecule has 4 heteroatoms. The Kier molecular flexibility index (Phi) is 3.97. The molecule has 0 N–H and O–H groups in total. The van der Waals surface area contributed by atoms with Crippen molar-refractivity contribution in [3.63, 3.8) is 0 Å². The summed E-state index contributed by atoms with van der Waals surface area (Å²) in [5.74, 6) is 0.103. The molecule has 1 aliphatic carbocycles. The van der Waals surface area contributed by atoms with E-state index in [1.54, 1.807) is 0 Å². The zero-order valence-electron chi connectivity index (χ0n) is 15.2. The minimum absolute atomic E-state index is 0.103. The fourth-order valence-electron chi connectivity index (χ4n) is 3.97. The largest absolute Gasteiger partial charge is 0.339 e. The molecule has 4 nitrogen and oxygen atoms in total. The minimum Gasteiger partial charge on any atom is -0.339 e. The van der Waals surface area contributed by atoms with E-state index in [0.717, 1.165) is 54.6 Å². The number of nitrogens with zero attached hydrogens (tertiary/aromatic N) is 3.